The quantitative estimate of drug-likeness (QED) is 0.165. The number of hydrogen-bond acceptors (Lipinski definition) is 5. The van der Waals surface area contributed by atoms with Crippen molar-refractivity contribution in [3.63, 3.8) is 0 Å². The fourth-order valence-corrected chi connectivity index (χ4v) is 8.63. The maximum atomic E-state index is 5.35. The number of rotatable bonds is 5. The Balaban J connectivity index is 1.12. The van der Waals surface area contributed by atoms with Crippen molar-refractivity contribution >= 4 is 32.6 Å². The van der Waals surface area contributed by atoms with E-state index < -0.39 is 0 Å². The molecule has 0 saturated heterocycles. The second-order valence-electron chi connectivity index (χ2n) is 15.3. The van der Waals surface area contributed by atoms with Crippen LogP contribution in [-0.2, 0) is 5.41 Å². The number of nitrogens with zero attached hydrogens (tertiary/aromatic N) is 5. The van der Waals surface area contributed by atoms with Crippen molar-refractivity contribution in [1.82, 2.24) is 24.9 Å². The minimum atomic E-state index is -0.0855. The van der Waals surface area contributed by atoms with Crippen molar-refractivity contribution in [2.24, 2.45) is 0 Å². The van der Waals surface area contributed by atoms with Gasteiger partial charge in [-0.25, -0.2) is 24.9 Å². The minimum Gasteiger partial charge on any atom is -0.248 e. The van der Waals surface area contributed by atoms with Crippen molar-refractivity contribution in [2.45, 2.75) is 19.3 Å². The maximum absolute atomic E-state index is 5.35. The van der Waals surface area contributed by atoms with Crippen LogP contribution >= 0.6 is 0 Å². The Bertz CT molecular complexity index is 3190. The highest BCUT2D eigenvalue weighted by molar-refractivity contribution is 6.21. The maximum Gasteiger partial charge on any atom is 0.164 e. The smallest absolute Gasteiger partial charge is 0.164 e. The second kappa shape index (κ2) is 12.9. The Kier molecular flexibility index (Phi) is 7.45. The predicted molar refractivity (Wildman–Crippen MR) is 233 cm³/mol. The zero-order valence-electron chi connectivity index (χ0n) is 31.5. The first kappa shape index (κ1) is 33.0. The molecule has 268 valence electrons. The summed E-state index contributed by atoms with van der Waals surface area (Å²) in [5.74, 6) is 1.88. The molecule has 1 aliphatic carbocycles. The van der Waals surface area contributed by atoms with Gasteiger partial charge < -0.3 is 0 Å². The van der Waals surface area contributed by atoms with Crippen LogP contribution in [0.15, 0.2) is 176 Å². The summed E-state index contributed by atoms with van der Waals surface area (Å²) in [6.45, 7) is 4.60. The monoisotopic (exact) mass is 729 g/mol. The third kappa shape index (κ3) is 5.42. The van der Waals surface area contributed by atoms with E-state index in [9.17, 15) is 0 Å². The van der Waals surface area contributed by atoms with E-state index in [4.69, 9.17) is 24.9 Å². The molecule has 0 N–H and O–H groups in total. The van der Waals surface area contributed by atoms with E-state index in [1.807, 2.05) is 42.5 Å². The molecular weight excluding hydrogens is 695 g/mol. The highest BCUT2D eigenvalue weighted by Crippen LogP contribution is 2.49. The molecule has 0 radical (unpaired) electrons. The van der Waals surface area contributed by atoms with E-state index in [1.54, 1.807) is 0 Å². The lowest BCUT2D eigenvalue weighted by atomic mass is 9.82. The molecule has 5 nitrogen and oxygen atoms in total. The first-order valence-electron chi connectivity index (χ1n) is 19.3. The van der Waals surface area contributed by atoms with Crippen LogP contribution in [0.4, 0.5) is 0 Å². The molecule has 0 unspecified atom stereocenters. The third-order valence-corrected chi connectivity index (χ3v) is 11.5. The number of pyridine rings is 2. The molecule has 0 atom stereocenters. The summed E-state index contributed by atoms with van der Waals surface area (Å²) in [5, 5.41) is 4.25. The van der Waals surface area contributed by atoms with Gasteiger partial charge in [0.2, 0.25) is 0 Å². The Hall–Kier alpha value is -7.37. The molecule has 0 amide bonds. The summed E-state index contributed by atoms with van der Waals surface area (Å²) >= 11 is 0. The molecule has 10 aromatic rings. The van der Waals surface area contributed by atoms with Crippen LogP contribution in [0, 0.1) is 0 Å². The van der Waals surface area contributed by atoms with Gasteiger partial charge in [0.25, 0.3) is 0 Å². The standard InChI is InChI=1S/C52H35N5/c1-52(2)42-21-13-12-20-37(42)40-30-35(22-26-43(40)52)50-55-49(34-18-10-5-11-19-34)56-51(57-50)36-23-27-46-41(31-36)38-24-29-45-39(25-28-44(53-45)32-14-6-3-7-15-32)47(38)48(54-46)33-16-8-4-9-17-33/h3-31H,1-2H3. The largest absolute Gasteiger partial charge is 0.248 e. The van der Waals surface area contributed by atoms with Gasteiger partial charge in [-0.1, -0.05) is 147 Å². The van der Waals surface area contributed by atoms with Crippen LogP contribution in [-0.4, -0.2) is 24.9 Å². The van der Waals surface area contributed by atoms with E-state index >= 15 is 0 Å². The zero-order valence-corrected chi connectivity index (χ0v) is 31.5. The van der Waals surface area contributed by atoms with Gasteiger partial charge in [-0.3, -0.25) is 0 Å². The number of hydrogen-bond donors (Lipinski definition) is 0. The average molecular weight is 730 g/mol. The van der Waals surface area contributed by atoms with E-state index in [0.29, 0.717) is 17.5 Å². The third-order valence-electron chi connectivity index (χ3n) is 11.5. The van der Waals surface area contributed by atoms with Crippen molar-refractivity contribution in [3.05, 3.63) is 187 Å². The van der Waals surface area contributed by atoms with Crippen molar-refractivity contribution < 1.29 is 0 Å². The molecule has 1 aliphatic rings. The van der Waals surface area contributed by atoms with Gasteiger partial charge in [0, 0.05) is 49.4 Å². The van der Waals surface area contributed by atoms with Gasteiger partial charge in [0.15, 0.2) is 17.5 Å². The lowest BCUT2D eigenvalue weighted by molar-refractivity contribution is 0.660. The van der Waals surface area contributed by atoms with Gasteiger partial charge in [0.1, 0.15) is 0 Å². The highest BCUT2D eigenvalue weighted by Gasteiger charge is 2.35. The summed E-state index contributed by atoms with van der Waals surface area (Å²) in [7, 11) is 0. The molecule has 57 heavy (non-hydrogen) atoms. The van der Waals surface area contributed by atoms with Gasteiger partial charge in [-0.15, -0.1) is 0 Å². The predicted octanol–water partition coefficient (Wildman–Crippen LogP) is 12.8. The molecule has 0 aliphatic heterocycles. The van der Waals surface area contributed by atoms with Crippen molar-refractivity contribution in [1.29, 1.82) is 0 Å². The molecular formula is C52H35N5. The molecule has 7 aromatic carbocycles. The van der Waals surface area contributed by atoms with Crippen LogP contribution in [0.25, 0.3) is 100 Å². The Morgan fingerprint density at radius 1 is 0.351 bits per heavy atom. The van der Waals surface area contributed by atoms with Gasteiger partial charge >= 0.3 is 0 Å². The molecule has 0 spiro atoms. The second-order valence-corrected chi connectivity index (χ2v) is 15.3. The average Bonchev–Trinajstić information content (AvgIpc) is 3.51. The molecule has 0 saturated carbocycles. The zero-order chi connectivity index (χ0) is 38.1. The van der Waals surface area contributed by atoms with Crippen LogP contribution in [0.5, 0.6) is 0 Å². The Morgan fingerprint density at radius 2 is 0.895 bits per heavy atom. The summed E-state index contributed by atoms with van der Waals surface area (Å²) in [6, 6.07) is 61.3. The van der Waals surface area contributed by atoms with Gasteiger partial charge in [-0.05, 0) is 70.1 Å². The van der Waals surface area contributed by atoms with Crippen molar-refractivity contribution in [3.8, 4) is 67.8 Å². The van der Waals surface area contributed by atoms with Gasteiger partial charge in [0.05, 0.1) is 22.4 Å². The van der Waals surface area contributed by atoms with Crippen LogP contribution < -0.4 is 0 Å². The summed E-state index contributed by atoms with van der Waals surface area (Å²) in [4.78, 5) is 25.9. The summed E-state index contributed by atoms with van der Waals surface area (Å²) in [6.07, 6.45) is 0. The Morgan fingerprint density at radius 3 is 1.63 bits per heavy atom. The van der Waals surface area contributed by atoms with Crippen LogP contribution in [0.2, 0.25) is 0 Å². The fourth-order valence-electron chi connectivity index (χ4n) is 8.63. The number of aromatic nitrogens is 5. The summed E-state index contributed by atoms with van der Waals surface area (Å²) in [5.41, 5.74) is 13.7. The lowest BCUT2D eigenvalue weighted by Gasteiger charge is -2.21. The summed E-state index contributed by atoms with van der Waals surface area (Å²) < 4.78 is 0. The Labute approximate surface area is 330 Å². The number of benzene rings is 7. The van der Waals surface area contributed by atoms with Gasteiger partial charge in [-0.2, -0.15) is 0 Å². The van der Waals surface area contributed by atoms with E-state index in [2.05, 4.69) is 147 Å². The molecule has 3 aromatic heterocycles. The van der Waals surface area contributed by atoms with E-state index in [-0.39, 0.29) is 5.41 Å². The topological polar surface area (TPSA) is 64.5 Å². The lowest BCUT2D eigenvalue weighted by Crippen LogP contribution is -2.14. The molecule has 0 bridgehead atoms. The van der Waals surface area contributed by atoms with Crippen LogP contribution in [0.3, 0.4) is 0 Å². The SMILES string of the molecule is CC1(C)c2ccccc2-c2cc(-c3nc(-c4ccccc4)nc(-c4ccc5nc(-c6ccccc6)c6c7ccc(-c8ccccc8)nc7ccc6c5c4)n3)ccc21. The molecule has 11 rings (SSSR count). The highest BCUT2D eigenvalue weighted by atomic mass is 15.0. The van der Waals surface area contributed by atoms with Crippen molar-refractivity contribution in [2.75, 3.05) is 0 Å². The minimum absolute atomic E-state index is 0.0855. The molecule has 5 heteroatoms. The van der Waals surface area contributed by atoms with Crippen LogP contribution in [0.1, 0.15) is 25.0 Å². The normalized spacial score (nSPS) is 12.9. The molecule has 3 heterocycles. The van der Waals surface area contributed by atoms with E-state index in [1.165, 1.54) is 22.3 Å². The van der Waals surface area contributed by atoms with E-state index in [0.717, 1.165) is 71.8 Å². The first-order valence-corrected chi connectivity index (χ1v) is 19.3. The first-order chi connectivity index (χ1) is 28.0. The fraction of sp³-hybridized carbons (Fsp3) is 0.0577. The molecule has 0 fully saturated rings. The number of fused-ring (bicyclic) bond motifs is 8.